The normalized spacial score (nSPS) is 21.1. The molecule has 0 spiro atoms. The minimum absolute atomic E-state index is 0.107. The van der Waals surface area contributed by atoms with Crippen molar-refractivity contribution >= 4 is 17.5 Å². The van der Waals surface area contributed by atoms with Crippen LogP contribution >= 0.6 is 0 Å². The summed E-state index contributed by atoms with van der Waals surface area (Å²) in [5.41, 5.74) is 2.18. The van der Waals surface area contributed by atoms with E-state index in [0.717, 1.165) is 49.0 Å². The van der Waals surface area contributed by atoms with Crippen molar-refractivity contribution in [1.82, 2.24) is 9.88 Å². The Balaban J connectivity index is 1.61. The van der Waals surface area contributed by atoms with Gasteiger partial charge in [0, 0.05) is 11.7 Å². The van der Waals surface area contributed by atoms with Crippen molar-refractivity contribution in [3.63, 3.8) is 0 Å². The zero-order valence-electron chi connectivity index (χ0n) is 18.6. The quantitative estimate of drug-likeness (QED) is 0.632. The number of hydrogen-bond acceptors (Lipinski definition) is 3. The number of benzene rings is 1. The maximum atomic E-state index is 13.9. The summed E-state index contributed by atoms with van der Waals surface area (Å²) in [5, 5.41) is 3.25. The number of anilines is 1. The summed E-state index contributed by atoms with van der Waals surface area (Å²) in [7, 11) is 0. The second-order valence-electron chi connectivity index (χ2n) is 9.06. The Bertz CT molecular complexity index is 1140. The fraction of sp³-hybridized carbons (Fsp3) is 0.385. The van der Waals surface area contributed by atoms with Gasteiger partial charge in [-0.3, -0.25) is 14.5 Å². The number of nitrogens with one attached hydrogen (secondary N) is 1. The molecule has 3 heterocycles. The number of nitrogens with zero attached hydrogens (tertiary/aromatic N) is 2. The highest BCUT2D eigenvalue weighted by Crippen LogP contribution is 2.37. The van der Waals surface area contributed by atoms with Crippen LogP contribution in [0.15, 0.2) is 59.2 Å². The van der Waals surface area contributed by atoms with E-state index in [1.54, 1.807) is 11.2 Å². The van der Waals surface area contributed by atoms with E-state index in [1.807, 2.05) is 60.0 Å². The van der Waals surface area contributed by atoms with Crippen LogP contribution in [0, 0.1) is 0 Å². The predicted molar refractivity (Wildman–Crippen MR) is 124 cm³/mol. The summed E-state index contributed by atoms with van der Waals surface area (Å²) in [6, 6.07) is 15.5. The van der Waals surface area contributed by atoms with Crippen LogP contribution in [0.5, 0.6) is 0 Å². The molecule has 1 atom stereocenters. The van der Waals surface area contributed by atoms with Gasteiger partial charge >= 0.3 is 0 Å². The van der Waals surface area contributed by atoms with E-state index in [4.69, 9.17) is 4.42 Å². The summed E-state index contributed by atoms with van der Waals surface area (Å²) in [5.74, 6) is 0.403. The lowest BCUT2D eigenvalue weighted by molar-refractivity contribution is -0.127. The molecule has 0 radical (unpaired) electrons. The van der Waals surface area contributed by atoms with E-state index in [0.29, 0.717) is 18.0 Å². The number of fused-ring (bicyclic) bond motifs is 1. The van der Waals surface area contributed by atoms with Crippen molar-refractivity contribution in [3.8, 4) is 11.5 Å². The van der Waals surface area contributed by atoms with Gasteiger partial charge in [0.15, 0.2) is 0 Å². The van der Waals surface area contributed by atoms with Gasteiger partial charge in [-0.25, -0.2) is 0 Å². The molecule has 1 saturated carbocycles. The third-order valence-electron chi connectivity index (χ3n) is 6.89. The Hall–Kier alpha value is -3.28. The smallest absolute Gasteiger partial charge is 0.275 e. The van der Waals surface area contributed by atoms with Crippen LogP contribution in [0.1, 0.15) is 55.6 Å². The lowest BCUT2D eigenvalue weighted by atomic mass is 9.92. The lowest BCUT2D eigenvalue weighted by Gasteiger charge is -2.44. The van der Waals surface area contributed by atoms with E-state index >= 15 is 0 Å². The molecule has 1 aromatic carbocycles. The first-order chi connectivity index (χ1) is 15.5. The molecule has 0 saturated heterocycles. The molecule has 6 heteroatoms. The number of rotatable bonds is 5. The Kier molecular flexibility index (Phi) is 5.16. The number of aryl methyl sites for hydroxylation is 1. The number of hydrogen-bond donors (Lipinski definition) is 1. The fourth-order valence-corrected chi connectivity index (χ4v) is 5.08. The number of aromatic nitrogens is 1. The van der Waals surface area contributed by atoms with Gasteiger partial charge in [-0.05, 0) is 68.1 Å². The summed E-state index contributed by atoms with van der Waals surface area (Å²) in [6.07, 6.45) is 6.73. The van der Waals surface area contributed by atoms with Gasteiger partial charge in [-0.1, -0.05) is 31.9 Å². The zero-order chi connectivity index (χ0) is 22.3. The molecule has 1 aliphatic heterocycles. The third kappa shape index (κ3) is 3.34. The maximum Gasteiger partial charge on any atom is 0.275 e. The van der Waals surface area contributed by atoms with Crippen molar-refractivity contribution < 1.29 is 14.0 Å². The second-order valence-corrected chi connectivity index (χ2v) is 9.06. The fourth-order valence-electron chi connectivity index (χ4n) is 5.08. The SMILES string of the molecule is CCc1cccc(N2C(=O)c3ccc(-c4ccco4)n3C[C@@]2(C)C(=O)NC2CCCC2)c1. The summed E-state index contributed by atoms with van der Waals surface area (Å²) >= 11 is 0. The van der Waals surface area contributed by atoms with Crippen LogP contribution < -0.4 is 10.2 Å². The van der Waals surface area contributed by atoms with Gasteiger partial charge < -0.3 is 14.3 Å². The molecule has 3 aromatic rings. The van der Waals surface area contributed by atoms with Crippen LogP contribution in [-0.2, 0) is 17.8 Å². The topological polar surface area (TPSA) is 67.5 Å². The van der Waals surface area contributed by atoms with Crippen LogP contribution in [0.4, 0.5) is 5.69 Å². The lowest BCUT2D eigenvalue weighted by Crippen LogP contribution is -2.65. The first kappa shape index (κ1) is 20.6. The molecule has 1 fully saturated rings. The molecule has 32 heavy (non-hydrogen) atoms. The van der Waals surface area contributed by atoms with Crippen LogP contribution in [0.25, 0.3) is 11.5 Å². The van der Waals surface area contributed by atoms with Crippen molar-refractivity contribution in [2.24, 2.45) is 0 Å². The van der Waals surface area contributed by atoms with E-state index in [-0.39, 0.29) is 17.9 Å². The Labute approximate surface area is 188 Å². The minimum atomic E-state index is -1.07. The zero-order valence-corrected chi connectivity index (χ0v) is 18.6. The molecule has 2 amide bonds. The first-order valence-corrected chi connectivity index (χ1v) is 11.5. The van der Waals surface area contributed by atoms with E-state index in [1.165, 1.54) is 0 Å². The van der Waals surface area contributed by atoms with Crippen molar-refractivity contribution in [2.45, 2.75) is 64.1 Å². The molecule has 0 unspecified atom stereocenters. The maximum absolute atomic E-state index is 13.9. The van der Waals surface area contributed by atoms with E-state index in [9.17, 15) is 9.59 Å². The second kappa shape index (κ2) is 8.01. The molecular formula is C26H29N3O3. The molecule has 166 valence electrons. The summed E-state index contributed by atoms with van der Waals surface area (Å²) in [4.78, 5) is 29.3. The number of furan rings is 1. The number of carbonyl (C=O) groups excluding carboxylic acids is 2. The van der Waals surface area contributed by atoms with Gasteiger partial charge in [-0.15, -0.1) is 0 Å². The van der Waals surface area contributed by atoms with Crippen LogP contribution in [-0.4, -0.2) is 28.0 Å². The highest BCUT2D eigenvalue weighted by Gasteiger charge is 2.49. The Morgan fingerprint density at radius 1 is 1.12 bits per heavy atom. The minimum Gasteiger partial charge on any atom is -0.463 e. The molecular weight excluding hydrogens is 402 g/mol. The van der Waals surface area contributed by atoms with Crippen molar-refractivity contribution in [3.05, 3.63) is 66.1 Å². The summed E-state index contributed by atoms with van der Waals surface area (Å²) in [6.45, 7) is 4.32. The molecule has 2 aromatic heterocycles. The summed E-state index contributed by atoms with van der Waals surface area (Å²) < 4.78 is 7.54. The van der Waals surface area contributed by atoms with Gasteiger partial charge in [0.05, 0.1) is 18.5 Å². The van der Waals surface area contributed by atoms with Crippen LogP contribution in [0.2, 0.25) is 0 Å². The highest BCUT2D eigenvalue weighted by atomic mass is 16.3. The molecule has 0 bridgehead atoms. The largest absolute Gasteiger partial charge is 0.463 e. The third-order valence-corrected chi connectivity index (χ3v) is 6.89. The van der Waals surface area contributed by atoms with Gasteiger partial charge in [0.2, 0.25) is 5.91 Å². The van der Waals surface area contributed by atoms with Crippen molar-refractivity contribution in [2.75, 3.05) is 4.90 Å². The standard InChI is InChI=1S/C26H29N3O3/c1-3-18-8-6-11-20(16-18)29-24(30)22-14-13-21(23-12-7-15-32-23)28(22)17-26(29,2)25(31)27-19-9-4-5-10-19/h6-8,11-16,19H,3-5,9-10,17H2,1-2H3,(H,27,31)/t26-/m0/s1. The highest BCUT2D eigenvalue weighted by molar-refractivity contribution is 6.12. The van der Waals surface area contributed by atoms with Gasteiger partial charge in [0.25, 0.3) is 5.91 Å². The molecule has 1 aliphatic carbocycles. The first-order valence-electron chi connectivity index (χ1n) is 11.5. The van der Waals surface area contributed by atoms with E-state index < -0.39 is 5.54 Å². The predicted octanol–water partition coefficient (Wildman–Crippen LogP) is 4.79. The van der Waals surface area contributed by atoms with Gasteiger partial charge in [-0.2, -0.15) is 0 Å². The monoisotopic (exact) mass is 431 g/mol. The molecule has 2 aliphatic rings. The Morgan fingerprint density at radius 2 is 1.91 bits per heavy atom. The molecule has 6 nitrogen and oxygen atoms in total. The number of amides is 2. The van der Waals surface area contributed by atoms with Crippen LogP contribution in [0.3, 0.4) is 0 Å². The average Bonchev–Trinajstić information content (AvgIpc) is 3.55. The average molecular weight is 432 g/mol. The Morgan fingerprint density at radius 3 is 2.62 bits per heavy atom. The molecule has 1 N–H and O–H groups in total. The van der Waals surface area contributed by atoms with Crippen molar-refractivity contribution in [1.29, 1.82) is 0 Å². The molecule has 5 rings (SSSR count). The van der Waals surface area contributed by atoms with Gasteiger partial charge in [0.1, 0.15) is 17.0 Å². The number of carbonyl (C=O) groups is 2. The van der Waals surface area contributed by atoms with E-state index in [2.05, 4.69) is 12.2 Å².